The molecule has 2 rings (SSSR count). The highest BCUT2D eigenvalue weighted by molar-refractivity contribution is 7.88. The second kappa shape index (κ2) is 8.59. The van der Waals surface area contributed by atoms with Crippen molar-refractivity contribution in [2.24, 2.45) is 0 Å². The summed E-state index contributed by atoms with van der Waals surface area (Å²) < 4.78 is 24.6. The van der Waals surface area contributed by atoms with E-state index in [2.05, 4.69) is 4.72 Å². The Balaban J connectivity index is 2.06. The van der Waals surface area contributed by atoms with Crippen LogP contribution in [0.2, 0.25) is 0 Å². The molecule has 0 aliphatic rings. The molecule has 0 spiro atoms. The quantitative estimate of drug-likeness (QED) is 0.530. The standard InChI is InChI=1S/C17H21N3O5S2/c1-12(13-5-4-6-14(11-13)20(22)23)19(2)17(21)16-8-7-15(26-16)9-10-18-27(3,24)25/h4-8,11-12,18H,9-10H2,1-3H3. The van der Waals surface area contributed by atoms with Crippen molar-refractivity contribution >= 4 is 33.0 Å². The van der Waals surface area contributed by atoms with Crippen molar-refractivity contribution < 1.29 is 18.1 Å². The number of nitrogens with zero attached hydrogens (tertiary/aromatic N) is 2. The zero-order valence-corrected chi connectivity index (χ0v) is 16.8. The number of amides is 1. The van der Waals surface area contributed by atoms with E-state index in [1.807, 2.05) is 6.92 Å². The van der Waals surface area contributed by atoms with Gasteiger partial charge in [0.15, 0.2) is 0 Å². The van der Waals surface area contributed by atoms with Crippen molar-refractivity contribution in [1.82, 2.24) is 9.62 Å². The molecule has 1 aromatic heterocycles. The highest BCUT2D eigenvalue weighted by Gasteiger charge is 2.21. The van der Waals surface area contributed by atoms with Gasteiger partial charge in [0, 0.05) is 30.6 Å². The van der Waals surface area contributed by atoms with Crippen LogP contribution in [0.15, 0.2) is 36.4 Å². The summed E-state index contributed by atoms with van der Waals surface area (Å²) in [5, 5.41) is 10.9. The molecule has 0 fully saturated rings. The first-order valence-corrected chi connectivity index (χ1v) is 10.8. The molecule has 10 heteroatoms. The monoisotopic (exact) mass is 411 g/mol. The maximum absolute atomic E-state index is 12.7. The minimum Gasteiger partial charge on any atom is -0.334 e. The van der Waals surface area contributed by atoms with Crippen molar-refractivity contribution in [2.45, 2.75) is 19.4 Å². The van der Waals surface area contributed by atoms with Crippen LogP contribution in [0.5, 0.6) is 0 Å². The van der Waals surface area contributed by atoms with Gasteiger partial charge in [-0.15, -0.1) is 11.3 Å². The third-order valence-electron chi connectivity index (χ3n) is 4.07. The molecule has 1 atom stereocenters. The van der Waals surface area contributed by atoms with E-state index in [1.165, 1.54) is 28.4 Å². The molecule has 0 saturated heterocycles. The van der Waals surface area contributed by atoms with Gasteiger partial charge < -0.3 is 4.90 Å². The minimum atomic E-state index is -3.24. The number of nitro groups is 1. The number of hydrogen-bond donors (Lipinski definition) is 1. The molecule has 8 nitrogen and oxygen atoms in total. The van der Waals surface area contributed by atoms with Crippen LogP contribution < -0.4 is 4.72 Å². The van der Waals surface area contributed by atoms with Gasteiger partial charge in [-0.1, -0.05) is 12.1 Å². The molecule has 1 amide bonds. The lowest BCUT2D eigenvalue weighted by atomic mass is 10.1. The number of nitro benzene ring substituents is 1. The second-order valence-corrected chi connectivity index (χ2v) is 9.13. The smallest absolute Gasteiger partial charge is 0.269 e. The molecule has 1 heterocycles. The fourth-order valence-corrected chi connectivity index (χ4v) is 3.92. The number of hydrogen-bond acceptors (Lipinski definition) is 6. The Hall–Kier alpha value is -2.30. The Morgan fingerprint density at radius 1 is 1.33 bits per heavy atom. The molecule has 0 radical (unpaired) electrons. The topological polar surface area (TPSA) is 110 Å². The average molecular weight is 412 g/mol. The Bertz CT molecular complexity index is 940. The first-order chi connectivity index (χ1) is 12.6. The van der Waals surface area contributed by atoms with E-state index in [0.29, 0.717) is 16.9 Å². The third-order valence-corrected chi connectivity index (χ3v) is 5.93. The molecular weight excluding hydrogens is 390 g/mol. The normalized spacial score (nSPS) is 12.6. The Morgan fingerprint density at radius 3 is 2.67 bits per heavy atom. The number of sulfonamides is 1. The summed E-state index contributed by atoms with van der Waals surface area (Å²) in [4.78, 5) is 26.1. The maximum atomic E-state index is 12.7. The molecule has 146 valence electrons. The molecule has 1 unspecified atom stereocenters. The van der Waals surface area contributed by atoms with Crippen LogP contribution in [0.1, 0.15) is 33.1 Å². The largest absolute Gasteiger partial charge is 0.334 e. The first-order valence-electron chi connectivity index (χ1n) is 8.13. The van der Waals surface area contributed by atoms with E-state index in [9.17, 15) is 23.3 Å². The van der Waals surface area contributed by atoms with E-state index in [-0.39, 0.29) is 24.2 Å². The van der Waals surface area contributed by atoms with Crippen LogP contribution in [0.25, 0.3) is 0 Å². The summed E-state index contributed by atoms with van der Waals surface area (Å²) in [5.74, 6) is -0.193. The number of nitrogens with one attached hydrogen (secondary N) is 1. The summed E-state index contributed by atoms with van der Waals surface area (Å²) >= 11 is 1.31. The molecule has 0 bridgehead atoms. The fourth-order valence-electron chi connectivity index (χ4n) is 2.46. The van der Waals surface area contributed by atoms with Gasteiger partial charge in [-0.3, -0.25) is 14.9 Å². The summed E-state index contributed by atoms with van der Waals surface area (Å²) in [6, 6.07) is 9.39. The van der Waals surface area contributed by atoms with Crippen LogP contribution in [-0.4, -0.2) is 44.0 Å². The molecule has 0 aliphatic carbocycles. The number of carbonyl (C=O) groups excluding carboxylic acids is 1. The maximum Gasteiger partial charge on any atom is 0.269 e. The van der Waals surface area contributed by atoms with E-state index in [1.54, 1.807) is 31.3 Å². The van der Waals surface area contributed by atoms with E-state index >= 15 is 0 Å². The molecule has 27 heavy (non-hydrogen) atoms. The first kappa shape index (κ1) is 21.0. The number of rotatable bonds is 8. The molecule has 2 aromatic rings. The minimum absolute atomic E-state index is 0.0167. The van der Waals surface area contributed by atoms with Crippen LogP contribution in [-0.2, 0) is 16.4 Å². The lowest BCUT2D eigenvalue weighted by molar-refractivity contribution is -0.384. The molecule has 0 aliphatic heterocycles. The van der Waals surface area contributed by atoms with Crippen molar-refractivity contribution in [3.63, 3.8) is 0 Å². The number of carbonyl (C=O) groups is 1. The van der Waals surface area contributed by atoms with Gasteiger partial charge in [-0.2, -0.15) is 0 Å². The summed E-state index contributed by atoms with van der Waals surface area (Å²) in [5.41, 5.74) is 0.658. The lowest BCUT2D eigenvalue weighted by Gasteiger charge is -2.24. The Labute approximate surface area is 162 Å². The Morgan fingerprint density at radius 2 is 2.04 bits per heavy atom. The van der Waals surface area contributed by atoms with E-state index < -0.39 is 14.9 Å². The fraction of sp³-hybridized carbons (Fsp3) is 0.353. The molecule has 1 aromatic carbocycles. The zero-order chi connectivity index (χ0) is 20.2. The lowest BCUT2D eigenvalue weighted by Crippen LogP contribution is -2.29. The number of benzene rings is 1. The highest BCUT2D eigenvalue weighted by atomic mass is 32.2. The third kappa shape index (κ3) is 5.84. The highest BCUT2D eigenvalue weighted by Crippen LogP contribution is 2.26. The number of thiophene rings is 1. The van der Waals surface area contributed by atoms with Crippen molar-refractivity contribution in [2.75, 3.05) is 19.8 Å². The van der Waals surface area contributed by atoms with Crippen LogP contribution in [0.3, 0.4) is 0 Å². The van der Waals surface area contributed by atoms with Crippen LogP contribution in [0, 0.1) is 10.1 Å². The van der Waals surface area contributed by atoms with Crippen molar-refractivity contribution in [3.05, 3.63) is 61.8 Å². The van der Waals surface area contributed by atoms with Gasteiger partial charge in [0.05, 0.1) is 22.1 Å². The molecular formula is C17H21N3O5S2. The van der Waals surface area contributed by atoms with E-state index in [0.717, 1.165) is 11.1 Å². The van der Waals surface area contributed by atoms with Crippen LogP contribution in [0.4, 0.5) is 5.69 Å². The Kier molecular flexibility index (Phi) is 6.68. The predicted octanol–water partition coefficient (Wildman–Crippen LogP) is 2.58. The second-order valence-electron chi connectivity index (χ2n) is 6.13. The number of non-ortho nitro benzene ring substituents is 1. The SMILES string of the molecule is CC(c1cccc([N+](=O)[O-])c1)N(C)C(=O)c1ccc(CCNS(C)(=O)=O)s1. The predicted molar refractivity (Wildman–Crippen MR) is 104 cm³/mol. The van der Waals surface area contributed by atoms with Crippen molar-refractivity contribution in [3.8, 4) is 0 Å². The zero-order valence-electron chi connectivity index (χ0n) is 15.2. The van der Waals surface area contributed by atoms with Crippen LogP contribution >= 0.6 is 11.3 Å². The van der Waals surface area contributed by atoms with Gasteiger partial charge in [0.2, 0.25) is 10.0 Å². The van der Waals surface area contributed by atoms with E-state index in [4.69, 9.17) is 0 Å². The van der Waals surface area contributed by atoms with Gasteiger partial charge in [-0.25, -0.2) is 13.1 Å². The molecule has 0 saturated carbocycles. The van der Waals surface area contributed by atoms with Crippen molar-refractivity contribution in [1.29, 1.82) is 0 Å². The summed E-state index contributed by atoms with van der Waals surface area (Å²) in [6.45, 7) is 2.08. The van der Waals surface area contributed by atoms with Gasteiger partial charge in [-0.05, 0) is 31.0 Å². The average Bonchev–Trinajstić information content (AvgIpc) is 3.07. The molecule has 1 N–H and O–H groups in total. The summed E-state index contributed by atoms with van der Waals surface area (Å²) in [7, 11) is -1.59. The van der Waals surface area contributed by atoms with Gasteiger partial charge in [0.25, 0.3) is 11.6 Å². The summed E-state index contributed by atoms with van der Waals surface area (Å²) in [6.07, 6.45) is 1.59. The van der Waals surface area contributed by atoms with Gasteiger partial charge >= 0.3 is 0 Å². The van der Waals surface area contributed by atoms with Gasteiger partial charge in [0.1, 0.15) is 0 Å².